The summed E-state index contributed by atoms with van der Waals surface area (Å²) in [4.78, 5) is 1.40. The molecule has 2 aliphatic rings. The molecule has 1 aromatic rings. The first kappa shape index (κ1) is 13.5. The summed E-state index contributed by atoms with van der Waals surface area (Å²) in [6.07, 6.45) is 2.49. The summed E-state index contributed by atoms with van der Waals surface area (Å²) in [7, 11) is -0.238. The van der Waals surface area contributed by atoms with E-state index in [4.69, 9.17) is 9.31 Å². The molecule has 0 bridgehead atoms. The Balaban J connectivity index is 1.88. The van der Waals surface area contributed by atoms with Gasteiger partial charge in [-0.3, -0.25) is 0 Å². The summed E-state index contributed by atoms with van der Waals surface area (Å²) in [5.74, 6) is 1.22. The average Bonchev–Trinajstić information content (AvgIpc) is 2.58. The Morgan fingerprint density at radius 3 is 2.47 bits per heavy atom. The highest BCUT2D eigenvalue weighted by atomic mass is 32.2. The van der Waals surface area contributed by atoms with Gasteiger partial charge in [0.05, 0.1) is 11.2 Å². The first-order valence-electron chi connectivity index (χ1n) is 7.00. The van der Waals surface area contributed by atoms with E-state index in [2.05, 4.69) is 45.9 Å². The second-order valence-corrected chi connectivity index (χ2v) is 7.54. The second kappa shape index (κ2) is 4.54. The van der Waals surface area contributed by atoms with E-state index in [1.165, 1.54) is 29.1 Å². The molecule has 1 aromatic carbocycles. The van der Waals surface area contributed by atoms with Crippen LogP contribution in [0, 0.1) is 0 Å². The summed E-state index contributed by atoms with van der Waals surface area (Å²) in [6.45, 7) is 8.39. The molecule has 0 aliphatic carbocycles. The van der Waals surface area contributed by atoms with E-state index in [-0.39, 0.29) is 18.3 Å². The Morgan fingerprint density at radius 1 is 1.11 bits per heavy atom. The van der Waals surface area contributed by atoms with Crippen molar-refractivity contribution < 1.29 is 9.31 Å². The first-order chi connectivity index (χ1) is 8.89. The van der Waals surface area contributed by atoms with E-state index in [1.807, 2.05) is 11.8 Å². The topological polar surface area (TPSA) is 18.5 Å². The molecule has 1 saturated heterocycles. The molecule has 19 heavy (non-hydrogen) atoms. The van der Waals surface area contributed by atoms with Crippen LogP contribution in [0.1, 0.15) is 39.7 Å². The van der Waals surface area contributed by atoms with Gasteiger partial charge >= 0.3 is 7.12 Å². The van der Waals surface area contributed by atoms with Crippen LogP contribution in [-0.2, 0) is 15.7 Å². The number of aryl methyl sites for hydroxylation is 1. The minimum atomic E-state index is -0.263. The van der Waals surface area contributed by atoms with Crippen molar-refractivity contribution in [1.29, 1.82) is 0 Å². The molecule has 0 amide bonds. The molecular formula is C15H21BO2S. The molecule has 2 aliphatic heterocycles. The Morgan fingerprint density at radius 2 is 1.79 bits per heavy atom. The van der Waals surface area contributed by atoms with Crippen molar-refractivity contribution >= 4 is 24.3 Å². The molecule has 2 heterocycles. The van der Waals surface area contributed by atoms with Gasteiger partial charge in [0.25, 0.3) is 0 Å². The first-order valence-corrected chi connectivity index (χ1v) is 7.99. The molecule has 0 unspecified atom stereocenters. The Labute approximate surface area is 120 Å². The second-order valence-electron chi connectivity index (χ2n) is 6.41. The lowest BCUT2D eigenvalue weighted by Gasteiger charge is -2.32. The van der Waals surface area contributed by atoms with Gasteiger partial charge in [0.2, 0.25) is 0 Å². The summed E-state index contributed by atoms with van der Waals surface area (Å²) >= 11 is 1.95. The zero-order valence-corrected chi connectivity index (χ0v) is 13.0. The van der Waals surface area contributed by atoms with Gasteiger partial charge in [-0.2, -0.15) is 0 Å². The van der Waals surface area contributed by atoms with E-state index >= 15 is 0 Å². The van der Waals surface area contributed by atoms with Crippen LogP contribution in [-0.4, -0.2) is 24.1 Å². The lowest BCUT2D eigenvalue weighted by Crippen LogP contribution is -2.41. The highest BCUT2D eigenvalue weighted by molar-refractivity contribution is 7.99. The van der Waals surface area contributed by atoms with Crippen LogP contribution in [0.5, 0.6) is 0 Å². The molecule has 0 saturated carbocycles. The van der Waals surface area contributed by atoms with Crippen molar-refractivity contribution in [2.24, 2.45) is 0 Å². The lowest BCUT2D eigenvalue weighted by molar-refractivity contribution is 0.00578. The third-order valence-corrected chi connectivity index (χ3v) is 5.65. The number of hydrogen-bond acceptors (Lipinski definition) is 3. The largest absolute Gasteiger partial charge is 0.494 e. The fourth-order valence-corrected chi connectivity index (χ4v) is 3.57. The fourth-order valence-electron chi connectivity index (χ4n) is 2.48. The third-order valence-electron chi connectivity index (χ3n) is 4.46. The maximum absolute atomic E-state index is 6.11. The van der Waals surface area contributed by atoms with E-state index < -0.39 is 0 Å². The number of benzene rings is 1. The molecule has 2 nitrogen and oxygen atoms in total. The van der Waals surface area contributed by atoms with Crippen LogP contribution >= 0.6 is 11.8 Å². The van der Waals surface area contributed by atoms with Crippen LogP contribution < -0.4 is 5.46 Å². The van der Waals surface area contributed by atoms with Crippen LogP contribution in [0.4, 0.5) is 0 Å². The lowest BCUT2D eigenvalue weighted by atomic mass is 9.78. The normalized spacial score (nSPS) is 24.3. The molecule has 4 heteroatoms. The standard InChI is InChI=1S/C15H21BO2S/c1-14(2)15(3,4)18-16(17-14)12-8-7-11-6-5-9-19-13(11)10-12/h7-8,10H,5-6,9H2,1-4H3. The number of thioether (sulfide) groups is 1. The molecule has 0 N–H and O–H groups in total. The minimum absolute atomic E-state index is 0.238. The van der Waals surface area contributed by atoms with E-state index in [0.29, 0.717) is 0 Å². The highest BCUT2D eigenvalue weighted by Gasteiger charge is 2.51. The highest BCUT2D eigenvalue weighted by Crippen LogP contribution is 2.37. The maximum atomic E-state index is 6.11. The molecule has 102 valence electrons. The van der Waals surface area contributed by atoms with Gasteiger partial charge in [-0.15, -0.1) is 11.8 Å². The van der Waals surface area contributed by atoms with Crippen molar-refractivity contribution in [3.8, 4) is 0 Å². The predicted molar refractivity (Wildman–Crippen MR) is 81.2 cm³/mol. The van der Waals surface area contributed by atoms with Gasteiger partial charge in [0, 0.05) is 4.90 Å². The van der Waals surface area contributed by atoms with Gasteiger partial charge in [-0.1, -0.05) is 12.1 Å². The van der Waals surface area contributed by atoms with Crippen LogP contribution in [0.15, 0.2) is 23.1 Å². The number of fused-ring (bicyclic) bond motifs is 1. The van der Waals surface area contributed by atoms with Crippen LogP contribution in [0.2, 0.25) is 0 Å². The Hall–Kier alpha value is -0.445. The van der Waals surface area contributed by atoms with E-state index in [1.54, 1.807) is 0 Å². The van der Waals surface area contributed by atoms with Gasteiger partial charge in [0.15, 0.2) is 0 Å². The van der Waals surface area contributed by atoms with Crippen molar-refractivity contribution in [1.82, 2.24) is 0 Å². The predicted octanol–water partition coefficient (Wildman–Crippen LogP) is 3.02. The molecule has 3 rings (SSSR count). The molecule has 0 spiro atoms. The third kappa shape index (κ3) is 2.35. The SMILES string of the molecule is CC1(C)OB(c2ccc3c(c2)SCCC3)OC1(C)C. The summed E-state index contributed by atoms with van der Waals surface area (Å²) in [6, 6.07) is 6.65. The fraction of sp³-hybridized carbons (Fsp3) is 0.600. The van der Waals surface area contributed by atoms with Gasteiger partial charge in [-0.05, 0) is 63.4 Å². The van der Waals surface area contributed by atoms with Crippen molar-refractivity contribution in [3.63, 3.8) is 0 Å². The molecule has 1 fully saturated rings. The maximum Gasteiger partial charge on any atom is 0.494 e. The van der Waals surface area contributed by atoms with Crippen molar-refractivity contribution in [2.75, 3.05) is 5.75 Å². The number of hydrogen-bond donors (Lipinski definition) is 0. The average molecular weight is 276 g/mol. The molecule has 0 radical (unpaired) electrons. The minimum Gasteiger partial charge on any atom is -0.399 e. The monoisotopic (exact) mass is 276 g/mol. The van der Waals surface area contributed by atoms with Crippen molar-refractivity contribution in [2.45, 2.75) is 56.6 Å². The Kier molecular flexibility index (Phi) is 3.23. The molecular weight excluding hydrogens is 255 g/mol. The quantitative estimate of drug-likeness (QED) is 0.735. The molecule has 0 aromatic heterocycles. The van der Waals surface area contributed by atoms with Gasteiger partial charge in [-0.25, -0.2) is 0 Å². The summed E-state index contributed by atoms with van der Waals surface area (Å²) in [5, 5.41) is 0. The van der Waals surface area contributed by atoms with Crippen molar-refractivity contribution in [3.05, 3.63) is 23.8 Å². The van der Waals surface area contributed by atoms with Gasteiger partial charge in [0.1, 0.15) is 0 Å². The van der Waals surface area contributed by atoms with E-state index in [0.717, 1.165) is 5.46 Å². The zero-order chi connectivity index (χ0) is 13.7. The van der Waals surface area contributed by atoms with Crippen LogP contribution in [0.25, 0.3) is 0 Å². The Bertz CT molecular complexity index is 483. The summed E-state index contributed by atoms with van der Waals surface area (Å²) < 4.78 is 12.2. The number of rotatable bonds is 1. The smallest absolute Gasteiger partial charge is 0.399 e. The van der Waals surface area contributed by atoms with Crippen LogP contribution in [0.3, 0.4) is 0 Å². The van der Waals surface area contributed by atoms with Gasteiger partial charge < -0.3 is 9.31 Å². The zero-order valence-electron chi connectivity index (χ0n) is 12.2. The van der Waals surface area contributed by atoms with E-state index in [9.17, 15) is 0 Å². The molecule has 0 atom stereocenters. The summed E-state index contributed by atoms with van der Waals surface area (Å²) in [5.41, 5.74) is 2.09.